The van der Waals surface area contributed by atoms with Gasteiger partial charge in [-0.2, -0.15) is 5.10 Å². The Bertz CT molecular complexity index is 834. The summed E-state index contributed by atoms with van der Waals surface area (Å²) in [5.74, 6) is -0.137. The molecule has 1 fully saturated rings. The molecule has 1 aliphatic rings. The molecule has 1 amide bonds. The third kappa shape index (κ3) is 6.47. The van der Waals surface area contributed by atoms with Gasteiger partial charge in [0.15, 0.2) is 0 Å². The van der Waals surface area contributed by atoms with Gasteiger partial charge in [-0.25, -0.2) is 5.43 Å². The number of amides is 1. The van der Waals surface area contributed by atoms with Crippen LogP contribution in [0.1, 0.15) is 11.1 Å². The van der Waals surface area contributed by atoms with Crippen molar-refractivity contribution in [1.82, 2.24) is 15.2 Å². The first kappa shape index (κ1) is 21.1. The fourth-order valence-corrected chi connectivity index (χ4v) is 3.40. The molecule has 0 unspecified atom stereocenters. The van der Waals surface area contributed by atoms with Gasteiger partial charge in [-0.3, -0.25) is 14.6 Å². The fraction of sp³-hybridized carbons (Fsp3) is 0.300. The molecule has 8 heteroatoms. The van der Waals surface area contributed by atoms with Crippen LogP contribution in [-0.4, -0.2) is 54.6 Å². The molecule has 28 heavy (non-hydrogen) atoms. The van der Waals surface area contributed by atoms with Crippen molar-refractivity contribution in [3.05, 3.63) is 68.7 Å². The lowest BCUT2D eigenvalue weighted by Crippen LogP contribution is -2.48. The van der Waals surface area contributed by atoms with Crippen molar-refractivity contribution in [2.45, 2.75) is 6.54 Å². The van der Waals surface area contributed by atoms with Crippen LogP contribution in [0, 0.1) is 0 Å². The van der Waals surface area contributed by atoms with E-state index >= 15 is 0 Å². The molecular weight excluding hydrogens is 419 g/mol. The van der Waals surface area contributed by atoms with Crippen molar-refractivity contribution in [3.8, 4) is 0 Å². The average molecular weight is 440 g/mol. The van der Waals surface area contributed by atoms with Gasteiger partial charge in [-0.15, -0.1) is 0 Å². The second kappa shape index (κ2) is 10.2. The molecule has 148 valence electrons. The molecule has 2 aromatic carbocycles. The van der Waals surface area contributed by atoms with Gasteiger partial charge in [0, 0.05) is 37.7 Å². The number of hydrazone groups is 1. The normalized spacial score (nSPS) is 15.8. The third-order valence-corrected chi connectivity index (χ3v) is 5.49. The number of rotatable bonds is 6. The quantitative estimate of drug-likeness (QED) is 0.548. The number of hydrogen-bond acceptors (Lipinski definition) is 4. The molecular formula is C20H21Cl3N4O. The molecule has 1 heterocycles. The summed E-state index contributed by atoms with van der Waals surface area (Å²) in [6, 6.07) is 13.1. The average Bonchev–Trinajstić information content (AvgIpc) is 2.68. The van der Waals surface area contributed by atoms with Crippen molar-refractivity contribution < 1.29 is 4.79 Å². The molecule has 0 saturated carbocycles. The standard InChI is InChI=1S/C20H21Cl3N4O/c21-17-4-1-15(2-5-17)13-26-7-9-27(10-8-26)14-20(28)25-24-12-16-3-6-18(22)19(23)11-16/h1-6,11-12H,7-10,13-14H2,(H,25,28)/b24-12+. The van der Waals surface area contributed by atoms with E-state index in [2.05, 4.69) is 20.3 Å². The predicted molar refractivity (Wildman–Crippen MR) is 115 cm³/mol. The molecule has 0 aliphatic carbocycles. The lowest BCUT2D eigenvalue weighted by atomic mass is 10.2. The number of carbonyl (C=O) groups is 1. The Morgan fingerprint density at radius 3 is 2.32 bits per heavy atom. The van der Waals surface area contributed by atoms with Crippen LogP contribution >= 0.6 is 34.8 Å². The zero-order chi connectivity index (χ0) is 19.9. The van der Waals surface area contributed by atoms with Crippen molar-refractivity contribution in [2.24, 2.45) is 5.10 Å². The lowest BCUT2D eigenvalue weighted by Gasteiger charge is -2.34. The smallest absolute Gasteiger partial charge is 0.254 e. The van der Waals surface area contributed by atoms with Crippen LogP contribution in [0.5, 0.6) is 0 Å². The fourth-order valence-electron chi connectivity index (χ4n) is 2.96. The molecule has 0 aromatic heterocycles. The van der Waals surface area contributed by atoms with Crippen molar-refractivity contribution in [2.75, 3.05) is 32.7 Å². The molecule has 5 nitrogen and oxygen atoms in total. The third-order valence-electron chi connectivity index (χ3n) is 4.50. The largest absolute Gasteiger partial charge is 0.297 e. The molecule has 0 radical (unpaired) electrons. The minimum atomic E-state index is -0.137. The summed E-state index contributed by atoms with van der Waals surface area (Å²) in [7, 11) is 0. The second-order valence-corrected chi connectivity index (χ2v) is 7.90. The second-order valence-electron chi connectivity index (χ2n) is 6.65. The van der Waals surface area contributed by atoms with Gasteiger partial charge in [0.1, 0.15) is 0 Å². The molecule has 1 saturated heterocycles. The van der Waals surface area contributed by atoms with Gasteiger partial charge < -0.3 is 0 Å². The predicted octanol–water partition coefficient (Wildman–Crippen LogP) is 3.91. The number of carbonyl (C=O) groups excluding carboxylic acids is 1. The van der Waals surface area contributed by atoms with Crippen molar-refractivity contribution in [3.63, 3.8) is 0 Å². The Labute approximate surface area is 179 Å². The summed E-state index contributed by atoms with van der Waals surface area (Å²) in [6.45, 7) is 4.75. The van der Waals surface area contributed by atoms with Crippen LogP contribution in [0.25, 0.3) is 0 Å². The maximum Gasteiger partial charge on any atom is 0.254 e. The summed E-state index contributed by atoms with van der Waals surface area (Å²) >= 11 is 17.8. The van der Waals surface area contributed by atoms with E-state index in [1.807, 2.05) is 24.3 Å². The zero-order valence-electron chi connectivity index (χ0n) is 15.2. The van der Waals surface area contributed by atoms with E-state index in [0.717, 1.165) is 43.3 Å². The number of halogens is 3. The molecule has 1 aliphatic heterocycles. The zero-order valence-corrected chi connectivity index (χ0v) is 17.5. The van der Waals surface area contributed by atoms with Crippen LogP contribution in [0.2, 0.25) is 15.1 Å². The molecule has 0 atom stereocenters. The number of nitrogens with one attached hydrogen (secondary N) is 1. The number of nitrogens with zero attached hydrogens (tertiary/aromatic N) is 3. The highest BCUT2D eigenvalue weighted by atomic mass is 35.5. The van der Waals surface area contributed by atoms with E-state index in [9.17, 15) is 4.79 Å². The molecule has 0 bridgehead atoms. The summed E-state index contributed by atoms with van der Waals surface area (Å²) in [5.41, 5.74) is 4.57. The Kier molecular flexibility index (Phi) is 7.71. The van der Waals surface area contributed by atoms with E-state index in [4.69, 9.17) is 34.8 Å². The van der Waals surface area contributed by atoms with E-state index in [-0.39, 0.29) is 5.91 Å². The summed E-state index contributed by atoms with van der Waals surface area (Å²) in [6.07, 6.45) is 1.55. The maximum atomic E-state index is 12.1. The Balaban J connectivity index is 1.39. The van der Waals surface area contributed by atoms with Gasteiger partial charge in [0.25, 0.3) is 5.91 Å². The van der Waals surface area contributed by atoms with Gasteiger partial charge >= 0.3 is 0 Å². The first-order valence-corrected chi connectivity index (χ1v) is 10.1. The first-order valence-electron chi connectivity index (χ1n) is 8.96. The Morgan fingerprint density at radius 1 is 0.964 bits per heavy atom. The summed E-state index contributed by atoms with van der Waals surface area (Å²) in [5, 5.41) is 5.67. The first-order chi connectivity index (χ1) is 13.5. The van der Waals surface area contributed by atoms with Gasteiger partial charge in [-0.1, -0.05) is 53.0 Å². The molecule has 1 N–H and O–H groups in total. The minimum Gasteiger partial charge on any atom is -0.297 e. The maximum absolute atomic E-state index is 12.1. The van der Waals surface area contributed by atoms with E-state index < -0.39 is 0 Å². The highest BCUT2D eigenvalue weighted by Crippen LogP contribution is 2.21. The number of benzene rings is 2. The van der Waals surface area contributed by atoms with E-state index in [0.29, 0.717) is 16.6 Å². The van der Waals surface area contributed by atoms with Gasteiger partial charge in [-0.05, 0) is 35.4 Å². The van der Waals surface area contributed by atoms with E-state index in [1.165, 1.54) is 5.56 Å². The molecule has 0 spiro atoms. The van der Waals surface area contributed by atoms with Crippen molar-refractivity contribution in [1.29, 1.82) is 0 Å². The molecule has 2 aromatic rings. The SMILES string of the molecule is O=C(CN1CCN(Cc2ccc(Cl)cc2)CC1)N/N=C/c1ccc(Cl)c(Cl)c1. The highest BCUT2D eigenvalue weighted by Gasteiger charge is 2.18. The lowest BCUT2D eigenvalue weighted by molar-refractivity contribution is -0.122. The molecule has 3 rings (SSSR count). The highest BCUT2D eigenvalue weighted by molar-refractivity contribution is 6.42. The minimum absolute atomic E-state index is 0.137. The topological polar surface area (TPSA) is 47.9 Å². The number of piperazine rings is 1. The van der Waals surface area contributed by atoms with Gasteiger partial charge in [0.2, 0.25) is 0 Å². The van der Waals surface area contributed by atoms with Crippen LogP contribution in [-0.2, 0) is 11.3 Å². The van der Waals surface area contributed by atoms with Crippen molar-refractivity contribution >= 4 is 46.9 Å². The van der Waals surface area contributed by atoms with Crippen LogP contribution in [0.3, 0.4) is 0 Å². The summed E-state index contributed by atoms with van der Waals surface area (Å²) in [4.78, 5) is 16.6. The number of hydrogen-bond donors (Lipinski definition) is 1. The van der Waals surface area contributed by atoms with Crippen LogP contribution < -0.4 is 5.43 Å². The van der Waals surface area contributed by atoms with Crippen LogP contribution in [0.15, 0.2) is 47.6 Å². The Morgan fingerprint density at radius 2 is 1.64 bits per heavy atom. The summed E-state index contributed by atoms with van der Waals surface area (Å²) < 4.78 is 0. The van der Waals surface area contributed by atoms with Crippen LogP contribution in [0.4, 0.5) is 0 Å². The van der Waals surface area contributed by atoms with Gasteiger partial charge in [0.05, 0.1) is 22.8 Å². The van der Waals surface area contributed by atoms with E-state index in [1.54, 1.807) is 24.4 Å². The monoisotopic (exact) mass is 438 g/mol. The Hall–Kier alpha value is -1.63.